The molecule has 0 aliphatic carbocycles. The summed E-state index contributed by atoms with van der Waals surface area (Å²) in [6.07, 6.45) is 0.882. The number of aryl methyl sites for hydroxylation is 1. The van der Waals surface area contributed by atoms with Gasteiger partial charge in [0.05, 0.1) is 24.5 Å². The summed E-state index contributed by atoms with van der Waals surface area (Å²) < 4.78 is 12.0. The van der Waals surface area contributed by atoms with Crippen LogP contribution < -0.4 is 19.7 Å². The molecule has 0 saturated carbocycles. The quantitative estimate of drug-likeness (QED) is 0.172. The van der Waals surface area contributed by atoms with Gasteiger partial charge in [-0.25, -0.2) is 0 Å². The summed E-state index contributed by atoms with van der Waals surface area (Å²) in [4.78, 5) is 25.9. The first kappa shape index (κ1) is 28.6. The van der Waals surface area contributed by atoms with Crippen molar-refractivity contribution in [3.63, 3.8) is 0 Å². The number of aliphatic hydroxyl groups is 1. The number of benzene rings is 3. The number of fused-ring (bicyclic) bond motifs is 1. The third-order valence-corrected chi connectivity index (χ3v) is 6.89. The zero-order valence-electron chi connectivity index (χ0n) is 22.8. The van der Waals surface area contributed by atoms with Gasteiger partial charge in [-0.2, -0.15) is 5.21 Å². The largest absolute Gasteiger partial charge is 0.494 e. The second kappa shape index (κ2) is 13.6. The number of unbranched alkanes of at least 4 members (excludes halogenated alkanes) is 1. The fourth-order valence-corrected chi connectivity index (χ4v) is 4.72. The van der Waals surface area contributed by atoms with E-state index >= 15 is 0 Å². The number of carboxylic acid groups (broad SMARTS) is 1. The maximum absolute atomic E-state index is 13.2. The first-order chi connectivity index (χ1) is 20.5. The molecule has 1 aliphatic rings. The van der Waals surface area contributed by atoms with Gasteiger partial charge in [-0.15, -0.1) is 10.2 Å². The minimum absolute atomic E-state index is 0.00816. The Morgan fingerprint density at radius 3 is 2.62 bits per heavy atom. The number of aromatic nitrogens is 4. The Balaban J connectivity index is 1.23. The van der Waals surface area contributed by atoms with E-state index in [1.807, 2.05) is 18.2 Å². The number of para-hydroxylation sites is 1. The first-order valence-electron chi connectivity index (χ1n) is 13.8. The lowest BCUT2D eigenvalue weighted by Crippen LogP contribution is -2.43. The van der Waals surface area contributed by atoms with E-state index in [4.69, 9.17) is 14.6 Å². The normalized spacial score (nSPS) is 14.9. The maximum Gasteiger partial charge on any atom is 0.303 e. The van der Waals surface area contributed by atoms with Gasteiger partial charge in [0.15, 0.2) is 11.9 Å². The molecule has 218 valence electrons. The number of aromatic amines is 1. The molecule has 4 N–H and O–H groups in total. The second-order valence-electron chi connectivity index (χ2n) is 9.87. The number of H-pyrrole nitrogens is 1. The summed E-state index contributed by atoms with van der Waals surface area (Å²) >= 11 is 0. The highest BCUT2D eigenvalue weighted by atomic mass is 16.5. The summed E-state index contributed by atoms with van der Waals surface area (Å²) in [7, 11) is 0. The van der Waals surface area contributed by atoms with E-state index in [1.54, 1.807) is 47.4 Å². The van der Waals surface area contributed by atoms with Crippen molar-refractivity contribution in [1.82, 2.24) is 20.6 Å². The van der Waals surface area contributed by atoms with Gasteiger partial charge in [-0.1, -0.05) is 41.6 Å². The lowest BCUT2D eigenvalue weighted by Gasteiger charge is -2.38. The lowest BCUT2D eigenvalue weighted by atomic mass is 10.1. The Labute approximate surface area is 242 Å². The number of nitrogens with one attached hydrogen (secondary N) is 2. The number of amides is 1. The number of ether oxygens (including phenoxy) is 2. The molecule has 42 heavy (non-hydrogen) atoms. The number of tetrazole rings is 1. The van der Waals surface area contributed by atoms with Crippen molar-refractivity contribution in [3.8, 4) is 11.5 Å². The van der Waals surface area contributed by atoms with Crippen molar-refractivity contribution in [2.75, 3.05) is 23.4 Å². The Kier molecular flexibility index (Phi) is 9.24. The molecule has 3 aromatic carbocycles. The molecule has 0 spiro atoms. The number of hydrogen-bond acceptors (Lipinski definition) is 9. The standard InChI is InChI=1S/C30H32N6O6/c37-26(16-17-27(38)39)36-19-25(29-32-34-35-33-29)42-28-23(10-6-11-24(28)36)31-30(40)21-12-14-22(15-13-21)41-18-5-4-9-20-7-2-1-3-8-20/h1-3,6-8,10-15,25-26,37H,4-5,9,16-19H2,(H,31,40)(H,38,39)(H,32,33,34,35). The number of carbonyl (C=O) groups is 2. The molecule has 0 saturated heterocycles. The highest BCUT2D eigenvalue weighted by Gasteiger charge is 2.34. The Hall–Kier alpha value is -4.97. The number of carboxylic acids is 1. The van der Waals surface area contributed by atoms with E-state index in [1.165, 1.54) is 5.56 Å². The van der Waals surface area contributed by atoms with Crippen LogP contribution in [-0.4, -0.2) is 62.1 Å². The smallest absolute Gasteiger partial charge is 0.303 e. The average molecular weight is 573 g/mol. The van der Waals surface area contributed by atoms with Gasteiger partial charge in [0.1, 0.15) is 12.0 Å². The number of rotatable bonds is 13. The molecule has 1 aromatic heterocycles. The van der Waals surface area contributed by atoms with Gasteiger partial charge in [0, 0.05) is 18.4 Å². The minimum atomic E-state index is -1.12. The zero-order chi connectivity index (χ0) is 29.3. The molecule has 1 amide bonds. The number of aliphatic carboxylic acids is 1. The molecule has 1 aliphatic heterocycles. The van der Waals surface area contributed by atoms with Crippen molar-refractivity contribution < 1.29 is 29.3 Å². The average Bonchev–Trinajstić information content (AvgIpc) is 3.55. The van der Waals surface area contributed by atoms with Crippen LogP contribution in [0.15, 0.2) is 72.8 Å². The van der Waals surface area contributed by atoms with Gasteiger partial charge in [-0.3, -0.25) is 9.59 Å². The third-order valence-electron chi connectivity index (χ3n) is 6.89. The van der Waals surface area contributed by atoms with Crippen molar-refractivity contribution in [1.29, 1.82) is 0 Å². The fraction of sp³-hybridized carbons (Fsp3) is 0.300. The van der Waals surface area contributed by atoms with Crippen molar-refractivity contribution in [2.45, 2.75) is 44.4 Å². The van der Waals surface area contributed by atoms with Crippen LogP contribution in [0.4, 0.5) is 11.4 Å². The topological polar surface area (TPSA) is 163 Å². The molecule has 2 atom stereocenters. The molecule has 0 fully saturated rings. The van der Waals surface area contributed by atoms with E-state index in [0.29, 0.717) is 35.0 Å². The van der Waals surface area contributed by atoms with Crippen LogP contribution in [0.5, 0.6) is 11.5 Å². The van der Waals surface area contributed by atoms with Gasteiger partial charge in [0.2, 0.25) is 5.82 Å². The number of carbonyl (C=O) groups excluding carboxylic acids is 1. The molecule has 12 heteroatoms. The Bertz CT molecular complexity index is 1470. The van der Waals surface area contributed by atoms with Crippen LogP contribution in [0.1, 0.15) is 53.5 Å². The van der Waals surface area contributed by atoms with Crippen molar-refractivity contribution in [2.24, 2.45) is 0 Å². The Morgan fingerprint density at radius 2 is 1.88 bits per heavy atom. The van der Waals surface area contributed by atoms with Gasteiger partial charge in [-0.05, 0) is 61.2 Å². The third kappa shape index (κ3) is 7.21. The van der Waals surface area contributed by atoms with Gasteiger partial charge >= 0.3 is 5.97 Å². The predicted molar refractivity (Wildman–Crippen MR) is 153 cm³/mol. The summed E-state index contributed by atoms with van der Waals surface area (Å²) in [6.45, 7) is 0.737. The molecular formula is C30H32N6O6. The molecule has 4 aromatic rings. The van der Waals surface area contributed by atoms with Crippen LogP contribution >= 0.6 is 0 Å². The molecule has 0 bridgehead atoms. The van der Waals surface area contributed by atoms with Gasteiger partial charge < -0.3 is 29.9 Å². The predicted octanol–water partition coefficient (Wildman–Crippen LogP) is 3.98. The minimum Gasteiger partial charge on any atom is -0.494 e. The van der Waals surface area contributed by atoms with Crippen LogP contribution in [-0.2, 0) is 11.2 Å². The first-order valence-corrected chi connectivity index (χ1v) is 13.8. The summed E-state index contributed by atoms with van der Waals surface area (Å²) in [5.74, 6) is -0.135. The van der Waals surface area contributed by atoms with Gasteiger partial charge in [0.25, 0.3) is 5.91 Å². The molecule has 2 heterocycles. The van der Waals surface area contributed by atoms with E-state index in [0.717, 1.165) is 19.3 Å². The SMILES string of the molecule is O=C(O)CCC(O)N1CC(c2nn[nH]n2)Oc2c(NC(=O)c3ccc(OCCCCc4ccccc4)cc3)cccc21. The van der Waals surface area contributed by atoms with E-state index in [9.17, 15) is 14.7 Å². The number of aliphatic hydroxyl groups excluding tert-OH is 1. The van der Waals surface area contributed by atoms with E-state index in [-0.39, 0.29) is 31.1 Å². The number of nitrogens with zero attached hydrogens (tertiary/aromatic N) is 4. The van der Waals surface area contributed by atoms with Crippen LogP contribution in [0, 0.1) is 0 Å². The molecule has 2 unspecified atom stereocenters. The second-order valence-corrected chi connectivity index (χ2v) is 9.87. The molecule has 0 radical (unpaired) electrons. The highest BCUT2D eigenvalue weighted by Crippen LogP contribution is 2.43. The van der Waals surface area contributed by atoms with Crippen molar-refractivity contribution >= 4 is 23.3 Å². The highest BCUT2D eigenvalue weighted by molar-refractivity contribution is 6.05. The number of hydrogen-bond donors (Lipinski definition) is 4. The summed E-state index contributed by atoms with van der Waals surface area (Å²) in [6, 6.07) is 22.4. The molecular weight excluding hydrogens is 540 g/mol. The van der Waals surface area contributed by atoms with Crippen LogP contribution in [0.25, 0.3) is 0 Å². The Morgan fingerprint density at radius 1 is 1.07 bits per heavy atom. The summed E-state index contributed by atoms with van der Waals surface area (Å²) in [5, 5.41) is 36.8. The molecule has 12 nitrogen and oxygen atoms in total. The maximum atomic E-state index is 13.2. The number of anilines is 2. The van der Waals surface area contributed by atoms with Crippen LogP contribution in [0.2, 0.25) is 0 Å². The fourth-order valence-electron chi connectivity index (χ4n) is 4.72. The zero-order valence-corrected chi connectivity index (χ0v) is 22.8. The molecule has 5 rings (SSSR count). The monoisotopic (exact) mass is 572 g/mol. The lowest BCUT2D eigenvalue weighted by molar-refractivity contribution is -0.137. The van der Waals surface area contributed by atoms with E-state index < -0.39 is 18.3 Å². The van der Waals surface area contributed by atoms with E-state index in [2.05, 4.69) is 38.1 Å². The van der Waals surface area contributed by atoms with Crippen molar-refractivity contribution in [3.05, 3.63) is 89.7 Å². The summed E-state index contributed by atoms with van der Waals surface area (Å²) in [5.41, 5.74) is 2.61. The van der Waals surface area contributed by atoms with Crippen LogP contribution in [0.3, 0.4) is 0 Å².